The van der Waals surface area contributed by atoms with E-state index >= 15 is 0 Å². The molecule has 1 rings (SSSR count). The largest absolute Gasteiger partial charge is 0.389 e. The van der Waals surface area contributed by atoms with Gasteiger partial charge in [-0.2, -0.15) is 13.2 Å². The van der Waals surface area contributed by atoms with Crippen LogP contribution in [0.2, 0.25) is 0 Å². The Kier molecular flexibility index (Phi) is 5.76. The van der Waals surface area contributed by atoms with Crippen LogP contribution in [0.5, 0.6) is 0 Å². The zero-order chi connectivity index (χ0) is 12.9. The third kappa shape index (κ3) is 6.29. The van der Waals surface area contributed by atoms with E-state index in [9.17, 15) is 18.0 Å². The van der Waals surface area contributed by atoms with Gasteiger partial charge in [0.1, 0.15) is 0 Å². The summed E-state index contributed by atoms with van der Waals surface area (Å²) in [4.78, 5) is 11.6. The van der Waals surface area contributed by atoms with Crippen molar-refractivity contribution in [3.05, 3.63) is 0 Å². The molecular formula is C11H17BrF3NO. The molecule has 2 atom stereocenters. The van der Waals surface area contributed by atoms with Crippen molar-refractivity contribution in [3.8, 4) is 0 Å². The van der Waals surface area contributed by atoms with Crippen molar-refractivity contribution in [1.29, 1.82) is 0 Å². The van der Waals surface area contributed by atoms with Crippen LogP contribution < -0.4 is 5.32 Å². The highest BCUT2D eigenvalue weighted by atomic mass is 79.9. The summed E-state index contributed by atoms with van der Waals surface area (Å²) in [7, 11) is 0. The molecule has 1 N–H and O–H groups in total. The molecule has 0 aromatic carbocycles. The summed E-state index contributed by atoms with van der Waals surface area (Å²) in [6.45, 7) is 0.479. The highest BCUT2D eigenvalue weighted by molar-refractivity contribution is 9.09. The lowest BCUT2D eigenvalue weighted by molar-refractivity contribution is -0.144. The molecule has 1 aliphatic carbocycles. The molecule has 0 saturated heterocycles. The molecule has 6 heteroatoms. The van der Waals surface area contributed by atoms with Gasteiger partial charge in [-0.3, -0.25) is 4.79 Å². The van der Waals surface area contributed by atoms with Gasteiger partial charge in [0.2, 0.25) is 5.91 Å². The van der Waals surface area contributed by atoms with Crippen LogP contribution in [0, 0.1) is 5.92 Å². The fraction of sp³-hybridized carbons (Fsp3) is 0.909. The number of carbonyl (C=O) groups is 1. The van der Waals surface area contributed by atoms with Crippen LogP contribution in [-0.2, 0) is 4.79 Å². The van der Waals surface area contributed by atoms with Crippen molar-refractivity contribution in [2.75, 3.05) is 6.54 Å². The van der Waals surface area contributed by atoms with Gasteiger partial charge in [0, 0.05) is 17.8 Å². The molecule has 1 amide bonds. The van der Waals surface area contributed by atoms with Gasteiger partial charge in [-0.1, -0.05) is 28.8 Å². The van der Waals surface area contributed by atoms with Gasteiger partial charge in [0.15, 0.2) is 0 Å². The van der Waals surface area contributed by atoms with Gasteiger partial charge in [-0.25, -0.2) is 0 Å². The zero-order valence-electron chi connectivity index (χ0n) is 9.52. The number of hydrogen-bond acceptors (Lipinski definition) is 1. The van der Waals surface area contributed by atoms with Gasteiger partial charge in [-0.05, 0) is 18.8 Å². The SMILES string of the molecule is O=C(CCC(F)(F)F)NCC1CCCCC1Br. The fourth-order valence-corrected chi connectivity index (χ4v) is 2.76. The lowest BCUT2D eigenvalue weighted by Gasteiger charge is -2.27. The number of hydrogen-bond donors (Lipinski definition) is 1. The molecule has 0 heterocycles. The summed E-state index contributed by atoms with van der Waals surface area (Å²) < 4.78 is 35.7. The Labute approximate surface area is 107 Å². The minimum Gasteiger partial charge on any atom is -0.356 e. The number of carbonyl (C=O) groups excluding carboxylic acids is 1. The van der Waals surface area contributed by atoms with E-state index in [0.717, 1.165) is 19.3 Å². The topological polar surface area (TPSA) is 29.1 Å². The molecule has 1 aliphatic rings. The second-order valence-electron chi connectivity index (χ2n) is 4.48. The third-order valence-electron chi connectivity index (χ3n) is 3.01. The average Bonchev–Trinajstić information content (AvgIpc) is 2.24. The highest BCUT2D eigenvalue weighted by Gasteiger charge is 2.28. The van der Waals surface area contributed by atoms with Crippen molar-refractivity contribution < 1.29 is 18.0 Å². The van der Waals surface area contributed by atoms with Gasteiger partial charge < -0.3 is 5.32 Å². The minimum atomic E-state index is -4.25. The fourth-order valence-electron chi connectivity index (χ4n) is 1.98. The van der Waals surface area contributed by atoms with Gasteiger partial charge in [0.25, 0.3) is 0 Å². The van der Waals surface area contributed by atoms with Crippen molar-refractivity contribution in [2.45, 2.75) is 49.5 Å². The Balaban J connectivity index is 2.19. The van der Waals surface area contributed by atoms with E-state index in [-0.39, 0.29) is 0 Å². The summed E-state index contributed by atoms with van der Waals surface area (Å²) >= 11 is 3.54. The Hall–Kier alpha value is -0.260. The number of nitrogens with one attached hydrogen (secondary N) is 1. The summed E-state index contributed by atoms with van der Waals surface area (Å²) in [5.41, 5.74) is 0. The Morgan fingerprint density at radius 1 is 1.29 bits per heavy atom. The molecule has 0 aliphatic heterocycles. The van der Waals surface area contributed by atoms with Crippen LogP contribution in [-0.4, -0.2) is 23.5 Å². The first-order valence-corrected chi connectivity index (χ1v) is 6.77. The molecular weight excluding hydrogens is 299 g/mol. The molecule has 0 aromatic rings. The third-order valence-corrected chi connectivity index (χ3v) is 4.22. The first-order chi connectivity index (χ1) is 7.88. The average molecular weight is 316 g/mol. The van der Waals surface area contributed by atoms with Gasteiger partial charge >= 0.3 is 6.18 Å². The molecule has 0 aromatic heterocycles. The van der Waals surface area contributed by atoms with E-state index in [1.165, 1.54) is 6.42 Å². The van der Waals surface area contributed by atoms with Crippen LogP contribution in [0.15, 0.2) is 0 Å². The van der Waals surface area contributed by atoms with E-state index in [4.69, 9.17) is 0 Å². The molecule has 17 heavy (non-hydrogen) atoms. The maximum absolute atomic E-state index is 11.9. The molecule has 2 unspecified atom stereocenters. The van der Waals surface area contributed by atoms with Gasteiger partial charge in [-0.15, -0.1) is 0 Å². The normalized spacial score (nSPS) is 25.6. The van der Waals surface area contributed by atoms with Crippen LogP contribution in [0.25, 0.3) is 0 Å². The predicted octanol–water partition coefficient (Wildman–Crippen LogP) is 3.40. The minimum absolute atomic E-state index is 0.346. The van der Waals surface area contributed by atoms with Crippen molar-refractivity contribution >= 4 is 21.8 Å². The summed E-state index contributed by atoms with van der Waals surface area (Å²) in [6, 6.07) is 0. The molecule has 100 valence electrons. The second-order valence-corrected chi connectivity index (χ2v) is 5.66. The number of amides is 1. The van der Waals surface area contributed by atoms with E-state index in [2.05, 4.69) is 21.2 Å². The molecule has 0 spiro atoms. The van der Waals surface area contributed by atoms with Gasteiger partial charge in [0.05, 0.1) is 6.42 Å². The van der Waals surface area contributed by atoms with E-state index in [0.29, 0.717) is 17.3 Å². The van der Waals surface area contributed by atoms with E-state index in [1.807, 2.05) is 0 Å². The van der Waals surface area contributed by atoms with Crippen LogP contribution >= 0.6 is 15.9 Å². The second kappa shape index (κ2) is 6.61. The first-order valence-electron chi connectivity index (χ1n) is 5.86. The van der Waals surface area contributed by atoms with Crippen LogP contribution in [0.1, 0.15) is 38.5 Å². The lowest BCUT2D eigenvalue weighted by Crippen LogP contribution is -2.34. The molecule has 0 radical (unpaired) electrons. The Morgan fingerprint density at radius 2 is 1.94 bits per heavy atom. The highest BCUT2D eigenvalue weighted by Crippen LogP contribution is 2.29. The predicted molar refractivity (Wildman–Crippen MR) is 63.0 cm³/mol. The maximum Gasteiger partial charge on any atom is 0.389 e. The monoisotopic (exact) mass is 315 g/mol. The number of halogens is 4. The zero-order valence-corrected chi connectivity index (χ0v) is 11.1. The van der Waals surface area contributed by atoms with E-state index in [1.54, 1.807) is 0 Å². The smallest absolute Gasteiger partial charge is 0.356 e. The maximum atomic E-state index is 11.9. The number of rotatable bonds is 4. The summed E-state index contributed by atoms with van der Waals surface area (Å²) in [6.07, 6.45) is -1.36. The number of alkyl halides is 4. The van der Waals surface area contributed by atoms with Crippen molar-refractivity contribution in [2.24, 2.45) is 5.92 Å². The Bertz CT molecular complexity index is 258. The molecule has 2 nitrogen and oxygen atoms in total. The van der Waals surface area contributed by atoms with Crippen molar-refractivity contribution in [3.63, 3.8) is 0 Å². The summed E-state index contributed by atoms with van der Waals surface area (Å²) in [5.74, 6) is -0.161. The van der Waals surface area contributed by atoms with Crippen LogP contribution in [0.3, 0.4) is 0 Å². The first kappa shape index (κ1) is 14.8. The van der Waals surface area contributed by atoms with Crippen LogP contribution in [0.4, 0.5) is 13.2 Å². The van der Waals surface area contributed by atoms with Crippen molar-refractivity contribution in [1.82, 2.24) is 5.32 Å². The standard InChI is InChI=1S/C11H17BrF3NO/c12-9-4-2-1-3-8(9)7-16-10(17)5-6-11(13,14)15/h8-9H,1-7H2,(H,16,17). The molecule has 1 saturated carbocycles. The Morgan fingerprint density at radius 3 is 2.53 bits per heavy atom. The van der Waals surface area contributed by atoms with E-state index < -0.39 is 24.9 Å². The molecule has 1 fully saturated rings. The molecule has 0 bridgehead atoms. The summed E-state index contributed by atoms with van der Waals surface area (Å²) in [5, 5.41) is 2.59. The lowest BCUT2D eigenvalue weighted by atomic mass is 9.89. The quantitative estimate of drug-likeness (QED) is 0.791.